The maximum absolute atomic E-state index is 12.8. The van der Waals surface area contributed by atoms with E-state index in [1.54, 1.807) is 29.2 Å². The molecule has 1 aromatic carbocycles. The lowest BCUT2D eigenvalue weighted by atomic mass is 9.78. The van der Waals surface area contributed by atoms with Crippen molar-refractivity contribution in [1.82, 2.24) is 4.90 Å². The Morgan fingerprint density at radius 2 is 2.05 bits per heavy atom. The molecule has 5 heteroatoms. The average Bonchev–Trinajstić information content (AvgIpc) is 3.07. The van der Waals surface area contributed by atoms with Crippen LogP contribution < -0.4 is 0 Å². The molecule has 2 fully saturated rings. The molecule has 0 saturated carbocycles. The first-order valence-corrected chi connectivity index (χ1v) is 7.07. The zero-order valence-corrected chi connectivity index (χ0v) is 11.8. The number of amides is 1. The molecule has 0 spiro atoms. The Balaban J connectivity index is 2.03. The van der Waals surface area contributed by atoms with Gasteiger partial charge in [0, 0.05) is 11.6 Å². The molecular formula is C16H17NO4. The standard InChI is InChI=1S/C16H17NO4/c1-21-15(20)16-8-7-13(9-12(16)10-18)17(16)14(19)11-5-3-2-4-6-11/h2-6,10,12-13H,7-9H2,1H3/t12-,13+,16-/m1/s1. The lowest BCUT2D eigenvalue weighted by molar-refractivity contribution is -0.154. The monoisotopic (exact) mass is 287 g/mol. The van der Waals surface area contributed by atoms with E-state index in [2.05, 4.69) is 0 Å². The van der Waals surface area contributed by atoms with Gasteiger partial charge in [0.2, 0.25) is 0 Å². The second kappa shape index (κ2) is 4.98. The number of nitrogens with zero attached hydrogens (tertiary/aromatic N) is 1. The summed E-state index contributed by atoms with van der Waals surface area (Å²) in [5, 5.41) is 0. The normalized spacial score (nSPS) is 30.2. The minimum Gasteiger partial charge on any atom is -0.467 e. The van der Waals surface area contributed by atoms with Gasteiger partial charge in [0.05, 0.1) is 13.0 Å². The van der Waals surface area contributed by atoms with Gasteiger partial charge in [0.15, 0.2) is 5.54 Å². The highest BCUT2D eigenvalue weighted by atomic mass is 16.5. The SMILES string of the molecule is COC(=O)[C@@]12CC[C@@H](C[C@@H]1C=O)N2C(=O)c1ccccc1. The van der Waals surface area contributed by atoms with Gasteiger partial charge in [-0.2, -0.15) is 0 Å². The van der Waals surface area contributed by atoms with Crippen molar-refractivity contribution < 1.29 is 19.1 Å². The summed E-state index contributed by atoms with van der Waals surface area (Å²) >= 11 is 0. The van der Waals surface area contributed by atoms with Crippen LogP contribution in [0.4, 0.5) is 0 Å². The Morgan fingerprint density at radius 1 is 1.33 bits per heavy atom. The molecular weight excluding hydrogens is 270 g/mol. The predicted octanol–water partition coefficient (Wildman–Crippen LogP) is 1.42. The third-order valence-corrected chi connectivity index (χ3v) is 4.74. The molecule has 1 amide bonds. The number of hydrogen-bond acceptors (Lipinski definition) is 4. The summed E-state index contributed by atoms with van der Waals surface area (Å²) in [6.45, 7) is 0. The Kier molecular flexibility index (Phi) is 3.27. The lowest BCUT2D eigenvalue weighted by Crippen LogP contribution is -2.55. The van der Waals surface area contributed by atoms with Gasteiger partial charge in [-0.05, 0) is 31.4 Å². The highest BCUT2D eigenvalue weighted by Crippen LogP contribution is 2.50. The van der Waals surface area contributed by atoms with Crippen molar-refractivity contribution in [2.75, 3.05) is 7.11 Å². The van der Waals surface area contributed by atoms with Crippen LogP contribution >= 0.6 is 0 Å². The number of carbonyl (C=O) groups is 3. The number of esters is 1. The summed E-state index contributed by atoms with van der Waals surface area (Å²) in [6.07, 6.45) is 2.56. The first-order chi connectivity index (χ1) is 10.1. The molecule has 3 atom stereocenters. The van der Waals surface area contributed by atoms with Gasteiger partial charge < -0.3 is 14.4 Å². The molecule has 0 unspecified atom stereocenters. The van der Waals surface area contributed by atoms with Crippen LogP contribution in [-0.2, 0) is 14.3 Å². The highest BCUT2D eigenvalue weighted by molar-refractivity contribution is 6.00. The van der Waals surface area contributed by atoms with Crippen molar-refractivity contribution >= 4 is 18.2 Å². The first kappa shape index (κ1) is 13.8. The lowest BCUT2D eigenvalue weighted by Gasteiger charge is -2.34. The molecule has 2 aliphatic heterocycles. The van der Waals surface area contributed by atoms with E-state index in [4.69, 9.17) is 4.74 Å². The second-order valence-electron chi connectivity index (χ2n) is 5.63. The van der Waals surface area contributed by atoms with Crippen LogP contribution in [0.2, 0.25) is 0 Å². The number of aldehydes is 1. The summed E-state index contributed by atoms with van der Waals surface area (Å²) in [5.41, 5.74) is -0.585. The Bertz CT molecular complexity index is 585. The summed E-state index contributed by atoms with van der Waals surface area (Å²) < 4.78 is 4.91. The van der Waals surface area contributed by atoms with Crippen molar-refractivity contribution in [1.29, 1.82) is 0 Å². The van der Waals surface area contributed by atoms with Gasteiger partial charge in [-0.15, -0.1) is 0 Å². The minimum atomic E-state index is -1.12. The molecule has 2 saturated heterocycles. The molecule has 0 aromatic heterocycles. The number of rotatable bonds is 3. The fourth-order valence-electron chi connectivity index (χ4n) is 3.80. The van der Waals surface area contributed by atoms with Crippen molar-refractivity contribution in [2.45, 2.75) is 30.8 Å². The third kappa shape index (κ3) is 1.80. The van der Waals surface area contributed by atoms with E-state index in [1.165, 1.54) is 7.11 Å². The number of benzene rings is 1. The average molecular weight is 287 g/mol. The van der Waals surface area contributed by atoms with Gasteiger partial charge in [-0.3, -0.25) is 4.79 Å². The quantitative estimate of drug-likeness (QED) is 0.623. The Hall–Kier alpha value is -2.17. The van der Waals surface area contributed by atoms with Crippen LogP contribution in [0.3, 0.4) is 0 Å². The van der Waals surface area contributed by atoms with Crippen LogP contribution in [0.25, 0.3) is 0 Å². The summed E-state index contributed by atoms with van der Waals surface area (Å²) in [7, 11) is 1.30. The van der Waals surface area contributed by atoms with Gasteiger partial charge >= 0.3 is 5.97 Å². The van der Waals surface area contributed by atoms with Gasteiger partial charge in [-0.1, -0.05) is 18.2 Å². The molecule has 2 aliphatic rings. The van der Waals surface area contributed by atoms with E-state index < -0.39 is 17.4 Å². The van der Waals surface area contributed by atoms with Crippen molar-refractivity contribution in [2.24, 2.45) is 5.92 Å². The van der Waals surface area contributed by atoms with Gasteiger partial charge in [0.25, 0.3) is 5.91 Å². The highest BCUT2D eigenvalue weighted by Gasteiger charge is 2.64. The van der Waals surface area contributed by atoms with Crippen LogP contribution in [0.5, 0.6) is 0 Å². The number of fused-ring (bicyclic) bond motifs is 2. The van der Waals surface area contributed by atoms with E-state index >= 15 is 0 Å². The van der Waals surface area contributed by atoms with Crippen LogP contribution in [0.1, 0.15) is 29.6 Å². The van der Waals surface area contributed by atoms with E-state index in [-0.39, 0.29) is 11.9 Å². The Labute approximate surface area is 122 Å². The number of carbonyl (C=O) groups excluding carboxylic acids is 3. The summed E-state index contributed by atoms with van der Waals surface area (Å²) in [4.78, 5) is 38.1. The van der Waals surface area contributed by atoms with Crippen LogP contribution in [0, 0.1) is 5.92 Å². The predicted molar refractivity (Wildman–Crippen MR) is 74.6 cm³/mol. The van der Waals surface area contributed by atoms with Gasteiger partial charge in [0.1, 0.15) is 6.29 Å². The maximum Gasteiger partial charge on any atom is 0.332 e. The van der Waals surface area contributed by atoms with Crippen LogP contribution in [-0.4, -0.2) is 41.8 Å². The third-order valence-electron chi connectivity index (χ3n) is 4.74. The molecule has 0 aliphatic carbocycles. The molecule has 110 valence electrons. The molecule has 5 nitrogen and oxygen atoms in total. The second-order valence-corrected chi connectivity index (χ2v) is 5.63. The minimum absolute atomic E-state index is 0.0630. The smallest absolute Gasteiger partial charge is 0.332 e. The molecule has 21 heavy (non-hydrogen) atoms. The molecule has 0 radical (unpaired) electrons. The summed E-state index contributed by atoms with van der Waals surface area (Å²) in [6, 6.07) is 8.79. The molecule has 3 rings (SSSR count). The topological polar surface area (TPSA) is 63.7 Å². The first-order valence-electron chi connectivity index (χ1n) is 7.07. The molecule has 1 aromatic rings. The molecule has 2 bridgehead atoms. The Morgan fingerprint density at radius 3 is 2.67 bits per heavy atom. The van der Waals surface area contributed by atoms with Crippen molar-refractivity contribution in [3.8, 4) is 0 Å². The van der Waals surface area contributed by atoms with Crippen molar-refractivity contribution in [3.05, 3.63) is 35.9 Å². The molecule has 2 heterocycles. The molecule has 0 N–H and O–H groups in total. The zero-order valence-electron chi connectivity index (χ0n) is 11.8. The maximum atomic E-state index is 12.8. The summed E-state index contributed by atoms with van der Waals surface area (Å²) in [5.74, 6) is -1.16. The number of ether oxygens (including phenoxy) is 1. The van der Waals surface area contributed by atoms with Crippen LogP contribution in [0.15, 0.2) is 30.3 Å². The van der Waals surface area contributed by atoms with E-state index in [0.717, 1.165) is 12.7 Å². The number of methoxy groups -OCH3 is 1. The van der Waals surface area contributed by atoms with Crippen molar-refractivity contribution in [3.63, 3.8) is 0 Å². The largest absolute Gasteiger partial charge is 0.467 e. The van der Waals surface area contributed by atoms with E-state index in [1.807, 2.05) is 6.07 Å². The zero-order chi connectivity index (χ0) is 15.0. The van der Waals surface area contributed by atoms with E-state index in [9.17, 15) is 14.4 Å². The fraction of sp³-hybridized carbons (Fsp3) is 0.438. The fourth-order valence-corrected chi connectivity index (χ4v) is 3.80. The van der Waals surface area contributed by atoms with Gasteiger partial charge in [-0.25, -0.2) is 4.79 Å². The number of hydrogen-bond donors (Lipinski definition) is 0. The van der Waals surface area contributed by atoms with E-state index in [0.29, 0.717) is 18.4 Å².